The molecule has 3 saturated heterocycles. The third kappa shape index (κ3) is 6.74. The number of fused-ring (bicyclic) bond motifs is 2. The highest BCUT2D eigenvalue weighted by atomic mass is 16.2. The van der Waals surface area contributed by atoms with Crippen LogP contribution in [0.3, 0.4) is 0 Å². The van der Waals surface area contributed by atoms with Crippen LogP contribution in [-0.4, -0.2) is 76.1 Å². The number of aryl methyl sites for hydroxylation is 1. The van der Waals surface area contributed by atoms with Crippen molar-refractivity contribution in [1.82, 2.24) is 25.1 Å². The second kappa shape index (κ2) is 13.9. The van der Waals surface area contributed by atoms with Gasteiger partial charge in [-0.15, -0.1) is 0 Å². The number of aromatic amines is 1. The van der Waals surface area contributed by atoms with E-state index in [1.807, 2.05) is 36.5 Å². The number of amides is 4. The highest BCUT2D eigenvalue weighted by molar-refractivity contribution is 6.06. The first-order valence-electron chi connectivity index (χ1n) is 18.4. The molecule has 0 unspecified atom stereocenters. The fraction of sp³-hybridized carbons (Fsp3) is 0.425. The lowest BCUT2D eigenvalue weighted by atomic mass is 9.90. The Morgan fingerprint density at radius 3 is 2.55 bits per heavy atom. The predicted octanol–water partition coefficient (Wildman–Crippen LogP) is 5.58. The van der Waals surface area contributed by atoms with Crippen molar-refractivity contribution < 1.29 is 19.2 Å². The maximum Gasteiger partial charge on any atom is 0.256 e. The third-order valence-corrected chi connectivity index (χ3v) is 11.5. The van der Waals surface area contributed by atoms with Crippen LogP contribution in [0.5, 0.6) is 0 Å². The van der Waals surface area contributed by atoms with Gasteiger partial charge in [-0.05, 0) is 107 Å². The van der Waals surface area contributed by atoms with Crippen LogP contribution in [0.1, 0.15) is 94.9 Å². The van der Waals surface area contributed by atoms with E-state index in [1.54, 1.807) is 4.90 Å². The Labute approximate surface area is 297 Å². The largest absolute Gasteiger partial charge is 0.371 e. The zero-order chi connectivity index (χ0) is 35.1. The summed E-state index contributed by atoms with van der Waals surface area (Å²) < 4.78 is 0. The van der Waals surface area contributed by atoms with Crippen LogP contribution in [0.4, 0.5) is 11.5 Å². The summed E-state index contributed by atoms with van der Waals surface area (Å²) in [5.74, 6) is 0.232. The summed E-state index contributed by atoms with van der Waals surface area (Å²) in [7, 11) is 2.16. The molecule has 8 rings (SSSR count). The molecule has 2 aromatic carbocycles. The molecule has 4 aromatic rings. The maximum atomic E-state index is 13.3. The Morgan fingerprint density at radius 1 is 0.961 bits per heavy atom. The van der Waals surface area contributed by atoms with Gasteiger partial charge in [0.25, 0.3) is 11.8 Å². The Hall–Kier alpha value is -5.03. The number of nitrogens with zero attached hydrogens (tertiary/aromatic N) is 4. The molecule has 11 heteroatoms. The van der Waals surface area contributed by atoms with Gasteiger partial charge in [0.2, 0.25) is 11.8 Å². The van der Waals surface area contributed by atoms with Gasteiger partial charge in [-0.1, -0.05) is 18.2 Å². The Bertz CT molecular complexity index is 1980. The standard InChI is InChI=1S/C40H45N7O4/c1-45-18-4-9-34(45)32-21-28-23-41-36(22-31(28)42-32)43-38(49)27-12-10-25(11-13-27)5-2-6-26-16-19-46(20-17-26)33-8-3-7-29-30(33)24-47(40(29)51)35-14-15-37(48)44-39(35)50/h3,7-8,10-13,21-23,26,34-35,42H,2,4-6,9,14-20,24H2,1H3,(H,41,43,49)(H,44,48,50)/t34-,35-/m1/s1. The van der Waals surface area contributed by atoms with Crippen LogP contribution in [0, 0.1) is 5.92 Å². The van der Waals surface area contributed by atoms with E-state index in [0.717, 1.165) is 80.3 Å². The van der Waals surface area contributed by atoms with Crippen LogP contribution >= 0.6 is 0 Å². The van der Waals surface area contributed by atoms with E-state index in [4.69, 9.17) is 0 Å². The van der Waals surface area contributed by atoms with Crippen molar-refractivity contribution in [3.8, 4) is 0 Å². The molecule has 0 radical (unpaired) electrons. The van der Waals surface area contributed by atoms with Crippen LogP contribution < -0.4 is 15.5 Å². The second-order valence-corrected chi connectivity index (χ2v) is 14.7. The molecule has 2 aromatic heterocycles. The summed E-state index contributed by atoms with van der Waals surface area (Å²) in [5, 5.41) is 6.40. The molecule has 264 valence electrons. The van der Waals surface area contributed by atoms with Gasteiger partial charge in [-0.2, -0.15) is 0 Å². The Kier molecular flexibility index (Phi) is 9.06. The number of imide groups is 1. The molecule has 3 fully saturated rings. The fourth-order valence-corrected chi connectivity index (χ4v) is 8.53. The zero-order valence-corrected chi connectivity index (χ0v) is 29.1. The van der Waals surface area contributed by atoms with Gasteiger partial charge in [0.05, 0.1) is 5.52 Å². The Morgan fingerprint density at radius 2 is 1.78 bits per heavy atom. The monoisotopic (exact) mass is 687 g/mol. The lowest BCUT2D eigenvalue weighted by Gasteiger charge is -2.35. The number of rotatable bonds is 9. The highest BCUT2D eigenvalue weighted by Crippen LogP contribution is 2.37. The molecule has 51 heavy (non-hydrogen) atoms. The van der Waals surface area contributed by atoms with Gasteiger partial charge in [0.15, 0.2) is 0 Å². The molecule has 6 heterocycles. The van der Waals surface area contributed by atoms with E-state index < -0.39 is 6.04 Å². The quantitative estimate of drug-likeness (QED) is 0.196. The van der Waals surface area contributed by atoms with Gasteiger partial charge in [0.1, 0.15) is 11.9 Å². The van der Waals surface area contributed by atoms with Gasteiger partial charge >= 0.3 is 0 Å². The fourth-order valence-electron chi connectivity index (χ4n) is 8.53. The van der Waals surface area contributed by atoms with Gasteiger partial charge < -0.3 is 20.1 Å². The number of pyridine rings is 1. The van der Waals surface area contributed by atoms with E-state index in [2.05, 4.69) is 61.7 Å². The first kappa shape index (κ1) is 33.1. The number of aromatic nitrogens is 2. The molecular formula is C40H45N7O4. The number of carbonyl (C=O) groups excluding carboxylic acids is 4. The summed E-state index contributed by atoms with van der Waals surface area (Å²) in [6.07, 6.45) is 10.2. The number of benzene rings is 2. The normalized spacial score (nSPS) is 21.4. The van der Waals surface area contributed by atoms with Gasteiger partial charge in [0, 0.05) is 77.8 Å². The predicted molar refractivity (Wildman–Crippen MR) is 195 cm³/mol. The van der Waals surface area contributed by atoms with Crippen LogP contribution in [-0.2, 0) is 22.6 Å². The van der Waals surface area contributed by atoms with Gasteiger partial charge in [-0.25, -0.2) is 4.98 Å². The molecule has 0 spiro atoms. The number of hydrogen-bond acceptors (Lipinski definition) is 7. The van der Waals surface area contributed by atoms with E-state index in [-0.39, 0.29) is 30.0 Å². The molecule has 11 nitrogen and oxygen atoms in total. The average molecular weight is 688 g/mol. The third-order valence-electron chi connectivity index (χ3n) is 11.5. The topological polar surface area (TPSA) is 131 Å². The molecular weight excluding hydrogens is 642 g/mol. The van der Waals surface area contributed by atoms with Crippen molar-refractivity contribution >= 4 is 46.0 Å². The van der Waals surface area contributed by atoms with E-state index in [0.29, 0.717) is 41.9 Å². The highest BCUT2D eigenvalue weighted by Gasteiger charge is 2.40. The van der Waals surface area contributed by atoms with Crippen LogP contribution in [0.2, 0.25) is 0 Å². The molecule has 0 aliphatic carbocycles. The maximum absolute atomic E-state index is 13.3. The minimum absolute atomic E-state index is 0.127. The molecule has 4 aliphatic heterocycles. The molecule has 0 bridgehead atoms. The second-order valence-electron chi connectivity index (χ2n) is 14.7. The SMILES string of the molecule is CN1CCC[C@@H]1c1cc2cnc(NC(=O)c3ccc(CCCC4CCN(c5cccc6c5CN([C@@H]5CCC(=O)NC5=O)C6=O)CC4)cc3)cc2[nH]1. The van der Waals surface area contributed by atoms with Crippen molar-refractivity contribution in [2.45, 2.75) is 76.4 Å². The number of hydrogen-bond donors (Lipinski definition) is 3. The van der Waals surface area contributed by atoms with E-state index >= 15 is 0 Å². The van der Waals surface area contributed by atoms with Crippen molar-refractivity contribution in [1.29, 1.82) is 0 Å². The first-order chi connectivity index (χ1) is 24.8. The number of nitrogens with one attached hydrogen (secondary N) is 3. The first-order valence-corrected chi connectivity index (χ1v) is 18.4. The molecule has 0 saturated carbocycles. The summed E-state index contributed by atoms with van der Waals surface area (Å²) in [4.78, 5) is 64.9. The van der Waals surface area contributed by atoms with Crippen LogP contribution in [0.15, 0.2) is 60.8 Å². The van der Waals surface area contributed by atoms with Gasteiger partial charge in [-0.3, -0.25) is 29.4 Å². The smallest absolute Gasteiger partial charge is 0.256 e. The summed E-state index contributed by atoms with van der Waals surface area (Å²) in [6.45, 7) is 3.37. The summed E-state index contributed by atoms with van der Waals surface area (Å²) in [6, 6.07) is 17.7. The van der Waals surface area contributed by atoms with Crippen molar-refractivity contribution in [3.63, 3.8) is 0 Å². The molecule has 4 aliphatic rings. The molecule has 3 N–H and O–H groups in total. The molecule has 2 atom stereocenters. The van der Waals surface area contributed by atoms with Crippen molar-refractivity contribution in [2.24, 2.45) is 5.92 Å². The van der Waals surface area contributed by atoms with Crippen LogP contribution in [0.25, 0.3) is 10.9 Å². The number of piperidine rings is 2. The number of carbonyl (C=O) groups is 4. The minimum atomic E-state index is -0.602. The lowest BCUT2D eigenvalue weighted by molar-refractivity contribution is -0.136. The number of H-pyrrole nitrogens is 1. The lowest BCUT2D eigenvalue weighted by Crippen LogP contribution is -2.52. The molecule has 4 amide bonds. The van der Waals surface area contributed by atoms with E-state index in [9.17, 15) is 19.2 Å². The zero-order valence-electron chi connectivity index (χ0n) is 29.1. The van der Waals surface area contributed by atoms with E-state index in [1.165, 1.54) is 17.7 Å². The number of likely N-dealkylation sites (tertiary alicyclic amines) is 1. The summed E-state index contributed by atoms with van der Waals surface area (Å²) in [5.41, 5.74) is 6.76. The van der Waals surface area contributed by atoms with Crippen molar-refractivity contribution in [3.05, 3.63) is 88.7 Å². The number of anilines is 2. The van der Waals surface area contributed by atoms with Crippen molar-refractivity contribution in [2.75, 3.05) is 36.9 Å². The summed E-state index contributed by atoms with van der Waals surface area (Å²) >= 11 is 0. The Balaban J connectivity index is 0.803. The average Bonchev–Trinajstić information content (AvgIpc) is 3.85. The minimum Gasteiger partial charge on any atom is -0.371 e.